The average molecular weight is 295 g/mol. The lowest BCUT2D eigenvalue weighted by molar-refractivity contribution is -0.385. The van der Waals surface area contributed by atoms with Crippen LogP contribution < -0.4 is 5.32 Å². The molecule has 7 nitrogen and oxygen atoms in total. The first kappa shape index (κ1) is 14.9. The molecule has 0 aliphatic carbocycles. The minimum atomic E-state index is -1.13. The van der Waals surface area contributed by atoms with E-state index in [1.165, 1.54) is 4.90 Å². The van der Waals surface area contributed by atoms with Crippen molar-refractivity contribution in [1.82, 2.24) is 10.2 Å². The van der Waals surface area contributed by atoms with E-state index in [1.54, 1.807) is 13.8 Å². The van der Waals surface area contributed by atoms with E-state index in [4.69, 9.17) is 0 Å². The molecule has 112 valence electrons. The molecule has 1 aliphatic rings. The van der Waals surface area contributed by atoms with Crippen LogP contribution in [-0.2, 0) is 4.79 Å². The summed E-state index contributed by atoms with van der Waals surface area (Å²) in [5.74, 6) is -1.80. The highest BCUT2D eigenvalue weighted by Crippen LogP contribution is 2.26. The van der Waals surface area contributed by atoms with E-state index in [-0.39, 0.29) is 24.6 Å². The van der Waals surface area contributed by atoms with Crippen LogP contribution in [-0.4, -0.2) is 40.3 Å². The molecule has 0 saturated carbocycles. The molecular formula is C13H14FN3O4. The minimum Gasteiger partial charge on any atom is -0.352 e. The largest absolute Gasteiger partial charge is 0.352 e. The van der Waals surface area contributed by atoms with Crippen LogP contribution in [0, 0.1) is 15.9 Å². The molecule has 8 heteroatoms. The van der Waals surface area contributed by atoms with Gasteiger partial charge in [-0.2, -0.15) is 0 Å². The minimum absolute atomic E-state index is 0.228. The summed E-state index contributed by atoms with van der Waals surface area (Å²) in [4.78, 5) is 35.8. The highest BCUT2D eigenvalue weighted by Gasteiger charge is 2.42. The molecule has 1 aromatic rings. The third kappa shape index (κ3) is 2.56. The van der Waals surface area contributed by atoms with Crippen molar-refractivity contribution in [3.8, 4) is 0 Å². The third-order valence-corrected chi connectivity index (χ3v) is 3.48. The molecule has 2 rings (SSSR count). The van der Waals surface area contributed by atoms with Crippen molar-refractivity contribution in [2.24, 2.45) is 0 Å². The Balaban J connectivity index is 2.45. The second-order valence-corrected chi connectivity index (χ2v) is 5.19. The molecule has 0 aromatic heterocycles. The van der Waals surface area contributed by atoms with Crippen molar-refractivity contribution >= 4 is 17.5 Å². The molecule has 21 heavy (non-hydrogen) atoms. The molecule has 1 aliphatic heterocycles. The van der Waals surface area contributed by atoms with E-state index >= 15 is 0 Å². The number of carbonyl (C=O) groups excluding carboxylic acids is 2. The fourth-order valence-electron chi connectivity index (χ4n) is 2.24. The van der Waals surface area contributed by atoms with Crippen molar-refractivity contribution in [2.45, 2.75) is 19.4 Å². The summed E-state index contributed by atoms with van der Waals surface area (Å²) < 4.78 is 13.1. The standard InChI is InChI=1S/C13H14FN3O4/c1-13(2)12(19)15-5-6-16(13)11(18)9-4-3-8(14)7-10(9)17(20)21/h3-4,7H,5-6H2,1-2H3,(H,15,19). The lowest BCUT2D eigenvalue weighted by Crippen LogP contribution is -2.63. The first-order valence-corrected chi connectivity index (χ1v) is 6.29. The van der Waals surface area contributed by atoms with Gasteiger partial charge in [0.05, 0.1) is 11.0 Å². The maximum atomic E-state index is 13.1. The van der Waals surface area contributed by atoms with E-state index < -0.39 is 27.9 Å². The molecular weight excluding hydrogens is 281 g/mol. The Morgan fingerprint density at radius 3 is 2.76 bits per heavy atom. The van der Waals surface area contributed by atoms with E-state index in [2.05, 4.69) is 5.32 Å². The van der Waals surface area contributed by atoms with Crippen LogP contribution in [0.4, 0.5) is 10.1 Å². The monoisotopic (exact) mass is 295 g/mol. The van der Waals surface area contributed by atoms with Gasteiger partial charge in [0, 0.05) is 13.1 Å². The SMILES string of the molecule is CC1(C)C(=O)NCCN1C(=O)c1ccc(F)cc1[N+](=O)[O-]. The topological polar surface area (TPSA) is 92.6 Å². The summed E-state index contributed by atoms with van der Waals surface area (Å²) in [6.45, 7) is 3.60. The molecule has 1 N–H and O–H groups in total. The maximum absolute atomic E-state index is 13.1. The number of hydrogen-bond acceptors (Lipinski definition) is 4. The van der Waals surface area contributed by atoms with Gasteiger partial charge in [0.25, 0.3) is 11.6 Å². The number of halogens is 1. The molecule has 1 heterocycles. The van der Waals surface area contributed by atoms with Crippen LogP contribution in [0.1, 0.15) is 24.2 Å². The normalized spacial score (nSPS) is 17.3. The molecule has 0 spiro atoms. The van der Waals surface area contributed by atoms with Gasteiger partial charge in [0.15, 0.2) is 0 Å². The Bertz CT molecular complexity index is 630. The van der Waals surface area contributed by atoms with Crippen molar-refractivity contribution in [1.29, 1.82) is 0 Å². The number of carbonyl (C=O) groups is 2. The molecule has 0 unspecified atom stereocenters. The van der Waals surface area contributed by atoms with Crippen molar-refractivity contribution < 1.29 is 18.9 Å². The highest BCUT2D eigenvalue weighted by molar-refractivity contribution is 6.02. The highest BCUT2D eigenvalue weighted by atomic mass is 19.1. The number of nitro groups is 1. The molecule has 1 saturated heterocycles. The number of benzene rings is 1. The number of amides is 2. The number of nitrogens with one attached hydrogen (secondary N) is 1. The smallest absolute Gasteiger partial charge is 0.285 e. The van der Waals surface area contributed by atoms with Gasteiger partial charge in [-0.25, -0.2) is 4.39 Å². The zero-order valence-electron chi connectivity index (χ0n) is 11.6. The van der Waals surface area contributed by atoms with Gasteiger partial charge in [0.1, 0.15) is 16.9 Å². The Morgan fingerprint density at radius 2 is 2.14 bits per heavy atom. The number of nitrogens with zero attached hydrogens (tertiary/aromatic N) is 2. The second kappa shape index (κ2) is 5.12. The predicted octanol–water partition coefficient (Wildman–Crippen LogP) is 1.08. The molecule has 1 fully saturated rings. The molecule has 1 aromatic carbocycles. The first-order valence-electron chi connectivity index (χ1n) is 6.29. The van der Waals surface area contributed by atoms with Crippen LogP contribution in [0.5, 0.6) is 0 Å². The van der Waals surface area contributed by atoms with Crippen LogP contribution >= 0.6 is 0 Å². The molecule has 2 amide bonds. The summed E-state index contributed by atoms with van der Waals surface area (Å²) in [6, 6.07) is 2.75. The van der Waals surface area contributed by atoms with Crippen molar-refractivity contribution in [3.05, 3.63) is 39.7 Å². The molecule has 0 radical (unpaired) electrons. The van der Waals surface area contributed by atoms with Gasteiger partial charge in [0.2, 0.25) is 5.91 Å². The third-order valence-electron chi connectivity index (χ3n) is 3.48. The van der Waals surface area contributed by atoms with Crippen LogP contribution in [0.15, 0.2) is 18.2 Å². The van der Waals surface area contributed by atoms with E-state index in [9.17, 15) is 24.1 Å². The Labute approximate surface area is 119 Å². The van der Waals surface area contributed by atoms with Crippen molar-refractivity contribution in [3.63, 3.8) is 0 Å². The first-order chi connectivity index (χ1) is 9.75. The Kier molecular flexibility index (Phi) is 3.63. The zero-order chi connectivity index (χ0) is 15.8. The summed E-state index contributed by atoms with van der Waals surface area (Å²) in [6.07, 6.45) is 0. The summed E-state index contributed by atoms with van der Waals surface area (Å²) >= 11 is 0. The van der Waals surface area contributed by atoms with E-state index in [1.807, 2.05) is 0 Å². The van der Waals surface area contributed by atoms with E-state index in [0.717, 1.165) is 12.1 Å². The average Bonchev–Trinajstić information content (AvgIpc) is 2.41. The van der Waals surface area contributed by atoms with Gasteiger partial charge in [-0.15, -0.1) is 0 Å². The summed E-state index contributed by atoms with van der Waals surface area (Å²) in [5.41, 5.74) is -1.97. The second-order valence-electron chi connectivity index (χ2n) is 5.19. The van der Waals surface area contributed by atoms with E-state index in [0.29, 0.717) is 6.07 Å². The fraction of sp³-hybridized carbons (Fsp3) is 0.385. The van der Waals surface area contributed by atoms with Gasteiger partial charge in [-0.05, 0) is 26.0 Å². The van der Waals surface area contributed by atoms with Gasteiger partial charge in [-0.3, -0.25) is 19.7 Å². The maximum Gasteiger partial charge on any atom is 0.285 e. The Morgan fingerprint density at radius 1 is 1.48 bits per heavy atom. The summed E-state index contributed by atoms with van der Waals surface area (Å²) in [5, 5.41) is 13.6. The van der Waals surface area contributed by atoms with Crippen LogP contribution in [0.25, 0.3) is 0 Å². The quantitative estimate of drug-likeness (QED) is 0.653. The van der Waals surface area contributed by atoms with Gasteiger partial charge >= 0.3 is 0 Å². The van der Waals surface area contributed by atoms with Crippen LogP contribution in [0.3, 0.4) is 0 Å². The number of nitro benzene ring substituents is 1. The molecule has 0 bridgehead atoms. The van der Waals surface area contributed by atoms with Crippen molar-refractivity contribution in [2.75, 3.05) is 13.1 Å². The lowest BCUT2D eigenvalue weighted by Gasteiger charge is -2.41. The zero-order valence-corrected chi connectivity index (χ0v) is 11.6. The van der Waals surface area contributed by atoms with Gasteiger partial charge < -0.3 is 10.2 Å². The Hall–Kier alpha value is -2.51. The number of rotatable bonds is 2. The lowest BCUT2D eigenvalue weighted by atomic mass is 9.97. The number of hydrogen-bond donors (Lipinski definition) is 1. The molecule has 0 atom stereocenters. The fourth-order valence-corrected chi connectivity index (χ4v) is 2.24. The van der Waals surface area contributed by atoms with Gasteiger partial charge in [-0.1, -0.05) is 0 Å². The predicted molar refractivity (Wildman–Crippen MR) is 71.2 cm³/mol. The van der Waals surface area contributed by atoms with Crippen LogP contribution in [0.2, 0.25) is 0 Å². The summed E-state index contributed by atoms with van der Waals surface area (Å²) in [7, 11) is 0. The number of piperazine rings is 1.